The van der Waals surface area contributed by atoms with Crippen LogP contribution in [0, 0.1) is 0 Å². The highest BCUT2D eigenvalue weighted by atomic mass is 16.1. The molecule has 1 aliphatic carbocycles. The van der Waals surface area contributed by atoms with Crippen LogP contribution in [-0.4, -0.2) is 31.1 Å². The number of aliphatic imine (C=N–C) groups is 1. The number of carbonyl (C=O) groups excluding carboxylic acids is 1. The molecule has 1 saturated carbocycles. The molecule has 0 bridgehead atoms. The summed E-state index contributed by atoms with van der Waals surface area (Å²) in [6, 6.07) is 8.71. The maximum absolute atomic E-state index is 10.7. The summed E-state index contributed by atoms with van der Waals surface area (Å²) in [7, 11) is 2.17. The lowest BCUT2D eigenvalue weighted by molar-refractivity contribution is 0.255. The molecule has 3 nitrogen and oxygen atoms in total. The lowest BCUT2D eigenvalue weighted by Gasteiger charge is -2.37. The van der Waals surface area contributed by atoms with Crippen molar-refractivity contribution in [2.24, 2.45) is 4.99 Å². The minimum absolute atomic E-state index is 0.262. The fourth-order valence-electron chi connectivity index (χ4n) is 3.35. The summed E-state index contributed by atoms with van der Waals surface area (Å²) >= 11 is 0. The predicted octanol–water partition coefficient (Wildman–Crippen LogP) is 2.82. The molecule has 3 heteroatoms. The minimum atomic E-state index is -0.262. The molecule has 1 aliphatic heterocycles. The Balaban J connectivity index is 1.89. The molecule has 2 aliphatic rings. The van der Waals surface area contributed by atoms with Crippen LogP contribution >= 0.6 is 0 Å². The lowest BCUT2D eigenvalue weighted by atomic mass is 9.72. The van der Waals surface area contributed by atoms with Crippen LogP contribution < -0.4 is 0 Å². The maximum atomic E-state index is 10.7. The zero-order chi connectivity index (χ0) is 13.3. The molecule has 2 fully saturated rings. The Hall–Kier alpha value is -1.44. The van der Waals surface area contributed by atoms with Gasteiger partial charge >= 0.3 is 0 Å². The first kappa shape index (κ1) is 12.6. The topological polar surface area (TPSA) is 32.7 Å². The minimum Gasteiger partial charge on any atom is -0.306 e. The van der Waals surface area contributed by atoms with Crippen molar-refractivity contribution in [2.45, 2.75) is 37.1 Å². The second kappa shape index (κ2) is 4.92. The van der Waals surface area contributed by atoms with Gasteiger partial charge in [0.15, 0.2) is 0 Å². The molecule has 19 heavy (non-hydrogen) atoms. The molecule has 1 aromatic carbocycles. The van der Waals surface area contributed by atoms with Crippen LogP contribution in [0.2, 0.25) is 0 Å². The van der Waals surface area contributed by atoms with Crippen molar-refractivity contribution in [3.8, 4) is 0 Å². The Morgan fingerprint density at radius 1 is 1.42 bits per heavy atom. The molecule has 0 N–H and O–H groups in total. The average Bonchev–Trinajstić information content (AvgIpc) is 2.81. The molecular formula is C16H20N2O. The number of hydrogen-bond donors (Lipinski definition) is 0. The van der Waals surface area contributed by atoms with Crippen molar-refractivity contribution in [3.63, 3.8) is 0 Å². The van der Waals surface area contributed by atoms with Gasteiger partial charge in [0.2, 0.25) is 6.08 Å². The molecule has 1 unspecified atom stereocenters. The molecule has 0 spiro atoms. The van der Waals surface area contributed by atoms with E-state index in [4.69, 9.17) is 0 Å². The molecule has 1 saturated heterocycles. The van der Waals surface area contributed by atoms with Crippen LogP contribution in [0.3, 0.4) is 0 Å². The van der Waals surface area contributed by atoms with Crippen molar-refractivity contribution >= 4 is 6.08 Å². The standard InChI is InChI=1S/C16H20N2O/c1-18-9-6-14(11-18)13-4-2-5-15(10-13)16(17-12-19)7-3-8-16/h2,4-5,10,14H,3,6-9,11H2,1H3. The summed E-state index contributed by atoms with van der Waals surface area (Å²) in [4.78, 5) is 17.1. The maximum Gasteiger partial charge on any atom is 0.235 e. The van der Waals surface area contributed by atoms with Crippen LogP contribution in [0.4, 0.5) is 0 Å². The van der Waals surface area contributed by atoms with Crippen LogP contribution in [0.25, 0.3) is 0 Å². The molecule has 0 amide bonds. The van der Waals surface area contributed by atoms with Crippen LogP contribution in [0.15, 0.2) is 29.3 Å². The van der Waals surface area contributed by atoms with E-state index in [0.29, 0.717) is 5.92 Å². The highest BCUT2D eigenvalue weighted by Crippen LogP contribution is 2.45. The van der Waals surface area contributed by atoms with E-state index in [1.807, 2.05) is 0 Å². The molecule has 0 aromatic heterocycles. The summed E-state index contributed by atoms with van der Waals surface area (Å²) in [6.45, 7) is 2.31. The van der Waals surface area contributed by atoms with Crippen molar-refractivity contribution in [2.75, 3.05) is 20.1 Å². The van der Waals surface area contributed by atoms with Gasteiger partial charge in [-0.1, -0.05) is 24.3 Å². The Labute approximate surface area is 114 Å². The third-order valence-electron chi connectivity index (χ3n) is 4.73. The summed E-state index contributed by atoms with van der Waals surface area (Å²) in [5, 5.41) is 0. The number of isocyanates is 1. The summed E-state index contributed by atoms with van der Waals surface area (Å²) in [5.74, 6) is 0.627. The van der Waals surface area contributed by atoms with Gasteiger partial charge in [-0.05, 0) is 56.3 Å². The van der Waals surface area contributed by atoms with Gasteiger partial charge in [0.1, 0.15) is 0 Å². The summed E-state index contributed by atoms with van der Waals surface area (Å²) in [6.07, 6.45) is 6.12. The third kappa shape index (κ3) is 2.24. The zero-order valence-corrected chi connectivity index (χ0v) is 11.4. The second-order valence-electron chi connectivity index (χ2n) is 5.96. The van der Waals surface area contributed by atoms with E-state index in [0.717, 1.165) is 25.8 Å². The van der Waals surface area contributed by atoms with E-state index in [1.54, 1.807) is 6.08 Å². The van der Waals surface area contributed by atoms with Gasteiger partial charge < -0.3 is 4.90 Å². The van der Waals surface area contributed by atoms with Crippen LogP contribution in [0.1, 0.15) is 42.7 Å². The molecular weight excluding hydrogens is 236 g/mol. The number of hydrogen-bond acceptors (Lipinski definition) is 3. The fraction of sp³-hybridized carbons (Fsp3) is 0.562. The van der Waals surface area contributed by atoms with Gasteiger partial charge in [-0.2, -0.15) is 4.99 Å². The van der Waals surface area contributed by atoms with Gasteiger partial charge in [0.05, 0.1) is 5.54 Å². The van der Waals surface area contributed by atoms with Crippen LogP contribution in [-0.2, 0) is 10.3 Å². The lowest BCUT2D eigenvalue weighted by Crippen LogP contribution is -2.32. The fourth-order valence-corrected chi connectivity index (χ4v) is 3.35. The van der Waals surface area contributed by atoms with E-state index in [1.165, 1.54) is 24.1 Å². The number of benzene rings is 1. The highest BCUT2D eigenvalue weighted by Gasteiger charge is 2.39. The van der Waals surface area contributed by atoms with E-state index in [-0.39, 0.29) is 5.54 Å². The predicted molar refractivity (Wildman–Crippen MR) is 74.9 cm³/mol. The monoisotopic (exact) mass is 256 g/mol. The van der Waals surface area contributed by atoms with Gasteiger partial charge in [-0.25, -0.2) is 4.79 Å². The molecule has 100 valence electrons. The molecule has 1 aromatic rings. The number of rotatable bonds is 3. The van der Waals surface area contributed by atoms with Gasteiger partial charge in [-0.15, -0.1) is 0 Å². The quantitative estimate of drug-likeness (QED) is 0.615. The first-order chi connectivity index (χ1) is 9.23. The number of nitrogens with zero attached hydrogens (tertiary/aromatic N) is 2. The number of likely N-dealkylation sites (tertiary alicyclic amines) is 1. The largest absolute Gasteiger partial charge is 0.306 e. The molecule has 0 radical (unpaired) electrons. The first-order valence-electron chi connectivity index (χ1n) is 7.11. The van der Waals surface area contributed by atoms with E-state index < -0.39 is 0 Å². The van der Waals surface area contributed by atoms with Crippen molar-refractivity contribution in [3.05, 3.63) is 35.4 Å². The second-order valence-corrected chi connectivity index (χ2v) is 5.96. The third-order valence-corrected chi connectivity index (χ3v) is 4.73. The summed E-state index contributed by atoms with van der Waals surface area (Å²) in [5.41, 5.74) is 2.34. The van der Waals surface area contributed by atoms with E-state index in [9.17, 15) is 4.79 Å². The van der Waals surface area contributed by atoms with Gasteiger partial charge in [-0.3, -0.25) is 0 Å². The zero-order valence-electron chi connectivity index (χ0n) is 11.4. The van der Waals surface area contributed by atoms with Gasteiger partial charge in [0, 0.05) is 6.54 Å². The Morgan fingerprint density at radius 3 is 2.84 bits per heavy atom. The van der Waals surface area contributed by atoms with E-state index in [2.05, 4.69) is 41.2 Å². The van der Waals surface area contributed by atoms with Crippen molar-refractivity contribution < 1.29 is 4.79 Å². The number of likely N-dealkylation sites (N-methyl/N-ethyl adjacent to an activating group) is 1. The molecule has 1 heterocycles. The molecule has 3 rings (SSSR count). The highest BCUT2D eigenvalue weighted by molar-refractivity contribution is 5.41. The smallest absolute Gasteiger partial charge is 0.235 e. The normalized spacial score (nSPS) is 25.6. The van der Waals surface area contributed by atoms with Crippen molar-refractivity contribution in [1.82, 2.24) is 4.90 Å². The molecule has 1 atom stereocenters. The SMILES string of the molecule is CN1CCC(c2cccc(C3(N=C=O)CCC3)c2)C1. The Kier molecular flexibility index (Phi) is 3.26. The van der Waals surface area contributed by atoms with Crippen LogP contribution in [0.5, 0.6) is 0 Å². The Bertz CT molecular complexity index is 515. The van der Waals surface area contributed by atoms with Gasteiger partial charge in [0.25, 0.3) is 0 Å². The summed E-state index contributed by atoms with van der Waals surface area (Å²) < 4.78 is 0. The van der Waals surface area contributed by atoms with Crippen molar-refractivity contribution in [1.29, 1.82) is 0 Å². The first-order valence-corrected chi connectivity index (χ1v) is 7.11. The van der Waals surface area contributed by atoms with E-state index >= 15 is 0 Å². The average molecular weight is 256 g/mol. The Morgan fingerprint density at radius 2 is 2.26 bits per heavy atom.